The van der Waals surface area contributed by atoms with Gasteiger partial charge in [-0.05, 0) is 18.0 Å². The molecule has 0 fully saturated rings. The Bertz CT molecular complexity index is 430. The van der Waals surface area contributed by atoms with E-state index in [0.29, 0.717) is 6.42 Å². The second kappa shape index (κ2) is 5.53. The van der Waals surface area contributed by atoms with E-state index in [0.717, 1.165) is 12.4 Å². The molecule has 0 unspecified atom stereocenters. The summed E-state index contributed by atoms with van der Waals surface area (Å²) in [6.07, 6.45) is 2.72. The van der Waals surface area contributed by atoms with Gasteiger partial charge in [-0.25, -0.2) is 23.1 Å². The second-order valence-corrected chi connectivity index (χ2v) is 5.15. The molecular weight excluding hydrogens is 254 g/mol. The number of hydrogen-bond donors (Lipinski definition) is 2. The van der Waals surface area contributed by atoms with Crippen LogP contribution in [-0.2, 0) is 10.0 Å². The van der Waals surface area contributed by atoms with Crippen LogP contribution in [-0.4, -0.2) is 36.1 Å². The van der Waals surface area contributed by atoms with Crippen molar-refractivity contribution in [2.24, 2.45) is 0 Å². The molecule has 1 aromatic rings. The number of rotatable bonds is 5. The molecular formula is C8H12ClN3O3S. The summed E-state index contributed by atoms with van der Waals surface area (Å²) < 4.78 is 25.8. The Morgan fingerprint density at radius 1 is 1.50 bits per heavy atom. The van der Waals surface area contributed by atoms with Gasteiger partial charge in [-0.15, -0.1) is 0 Å². The van der Waals surface area contributed by atoms with Gasteiger partial charge in [-0.2, -0.15) is 0 Å². The Kier molecular flexibility index (Phi) is 4.60. The summed E-state index contributed by atoms with van der Waals surface area (Å²) in [6, 6.07) is -0.513. The fraction of sp³-hybridized carbons (Fsp3) is 0.500. The van der Waals surface area contributed by atoms with Gasteiger partial charge in [0.15, 0.2) is 0 Å². The van der Waals surface area contributed by atoms with Crippen molar-refractivity contribution >= 4 is 21.6 Å². The molecule has 6 nitrogen and oxygen atoms in total. The zero-order valence-electron chi connectivity index (χ0n) is 8.59. The summed E-state index contributed by atoms with van der Waals surface area (Å²) in [5.41, 5.74) is 0. The van der Waals surface area contributed by atoms with Crippen LogP contribution in [0, 0.1) is 0 Å². The maximum Gasteiger partial charge on any atom is 0.243 e. The normalized spacial score (nSPS) is 13.7. The quantitative estimate of drug-likeness (QED) is 0.741. The van der Waals surface area contributed by atoms with E-state index in [1.807, 2.05) is 0 Å². The topological polar surface area (TPSA) is 92.2 Å². The van der Waals surface area contributed by atoms with Gasteiger partial charge in [-0.1, -0.05) is 6.92 Å². The zero-order chi connectivity index (χ0) is 12.2. The average Bonchev–Trinajstić information content (AvgIpc) is 2.26. The van der Waals surface area contributed by atoms with Crippen LogP contribution in [0.3, 0.4) is 0 Å². The monoisotopic (exact) mass is 265 g/mol. The van der Waals surface area contributed by atoms with Crippen LogP contribution in [0.15, 0.2) is 17.3 Å². The lowest BCUT2D eigenvalue weighted by atomic mass is 10.3. The first-order valence-electron chi connectivity index (χ1n) is 4.60. The molecule has 16 heavy (non-hydrogen) atoms. The molecule has 8 heteroatoms. The zero-order valence-corrected chi connectivity index (χ0v) is 10.2. The molecule has 1 rings (SSSR count). The van der Waals surface area contributed by atoms with Gasteiger partial charge in [0.25, 0.3) is 0 Å². The van der Waals surface area contributed by atoms with Crippen molar-refractivity contribution in [3.8, 4) is 0 Å². The van der Waals surface area contributed by atoms with E-state index < -0.39 is 16.1 Å². The molecule has 0 amide bonds. The van der Waals surface area contributed by atoms with E-state index in [4.69, 9.17) is 16.7 Å². The third kappa shape index (κ3) is 3.38. The minimum Gasteiger partial charge on any atom is -0.395 e. The summed E-state index contributed by atoms with van der Waals surface area (Å²) in [7, 11) is -3.69. The van der Waals surface area contributed by atoms with Gasteiger partial charge < -0.3 is 5.11 Å². The molecule has 90 valence electrons. The highest BCUT2D eigenvalue weighted by molar-refractivity contribution is 7.89. The average molecular weight is 266 g/mol. The minimum absolute atomic E-state index is 0.0202. The lowest BCUT2D eigenvalue weighted by molar-refractivity contribution is 0.254. The fourth-order valence-electron chi connectivity index (χ4n) is 0.976. The van der Waals surface area contributed by atoms with Gasteiger partial charge in [-0.3, -0.25) is 0 Å². The molecule has 0 aromatic carbocycles. The Morgan fingerprint density at radius 3 is 2.50 bits per heavy atom. The van der Waals surface area contributed by atoms with Crippen LogP contribution in [0.5, 0.6) is 0 Å². The molecule has 0 saturated heterocycles. The molecule has 0 radical (unpaired) electrons. The highest BCUT2D eigenvalue weighted by Gasteiger charge is 2.19. The molecule has 1 atom stereocenters. The van der Waals surface area contributed by atoms with Crippen LogP contribution < -0.4 is 4.72 Å². The third-order valence-corrected chi connectivity index (χ3v) is 3.61. The van der Waals surface area contributed by atoms with E-state index >= 15 is 0 Å². The molecule has 0 aliphatic heterocycles. The van der Waals surface area contributed by atoms with Crippen LogP contribution in [0.2, 0.25) is 5.28 Å². The van der Waals surface area contributed by atoms with E-state index in [-0.39, 0.29) is 16.8 Å². The van der Waals surface area contributed by atoms with Crippen LogP contribution >= 0.6 is 11.6 Å². The number of aliphatic hydroxyl groups excluding tert-OH is 1. The van der Waals surface area contributed by atoms with Crippen molar-refractivity contribution in [1.29, 1.82) is 0 Å². The highest BCUT2D eigenvalue weighted by Crippen LogP contribution is 2.08. The van der Waals surface area contributed by atoms with Gasteiger partial charge >= 0.3 is 0 Å². The molecule has 0 saturated carbocycles. The van der Waals surface area contributed by atoms with E-state index in [1.54, 1.807) is 6.92 Å². The van der Waals surface area contributed by atoms with Crippen molar-refractivity contribution < 1.29 is 13.5 Å². The van der Waals surface area contributed by atoms with Gasteiger partial charge in [0, 0.05) is 6.04 Å². The Hall–Kier alpha value is -0.760. The maximum absolute atomic E-state index is 11.7. The standard InChI is InChI=1S/C8H12ClN3O3S/c1-2-6(5-13)12-16(14,15)7-3-10-8(9)11-4-7/h3-4,6,12-13H,2,5H2,1H3/t6-/m0/s1. The predicted molar refractivity (Wildman–Crippen MR) is 58.5 cm³/mol. The SMILES string of the molecule is CC[C@@H](CO)NS(=O)(=O)c1cnc(Cl)nc1. The Morgan fingerprint density at radius 2 is 2.06 bits per heavy atom. The maximum atomic E-state index is 11.7. The van der Waals surface area contributed by atoms with Crippen molar-refractivity contribution in [1.82, 2.24) is 14.7 Å². The molecule has 0 bridgehead atoms. The predicted octanol–water partition coefficient (Wildman–Crippen LogP) is 0.179. The number of halogens is 1. The van der Waals surface area contributed by atoms with Crippen molar-refractivity contribution in [2.75, 3.05) is 6.61 Å². The first-order chi connectivity index (χ1) is 7.49. The van der Waals surface area contributed by atoms with Crippen LogP contribution in [0.25, 0.3) is 0 Å². The fourth-order valence-corrected chi connectivity index (χ4v) is 2.27. The lowest BCUT2D eigenvalue weighted by Gasteiger charge is -2.13. The third-order valence-electron chi connectivity index (χ3n) is 1.94. The molecule has 1 aromatic heterocycles. The molecule has 2 N–H and O–H groups in total. The number of nitrogens with one attached hydrogen (secondary N) is 1. The van der Waals surface area contributed by atoms with Crippen LogP contribution in [0.4, 0.5) is 0 Å². The summed E-state index contributed by atoms with van der Waals surface area (Å²) in [5.74, 6) is 0. The van der Waals surface area contributed by atoms with Crippen molar-refractivity contribution in [3.05, 3.63) is 17.7 Å². The molecule has 0 aliphatic carbocycles. The number of aliphatic hydroxyl groups is 1. The summed E-state index contributed by atoms with van der Waals surface area (Å²) in [6.45, 7) is 1.51. The number of hydrogen-bond acceptors (Lipinski definition) is 5. The van der Waals surface area contributed by atoms with Crippen molar-refractivity contribution in [2.45, 2.75) is 24.3 Å². The van der Waals surface area contributed by atoms with E-state index in [9.17, 15) is 8.42 Å². The smallest absolute Gasteiger partial charge is 0.243 e. The van der Waals surface area contributed by atoms with Gasteiger partial charge in [0.05, 0.1) is 19.0 Å². The number of nitrogens with zero attached hydrogens (tertiary/aromatic N) is 2. The van der Waals surface area contributed by atoms with Crippen molar-refractivity contribution in [3.63, 3.8) is 0 Å². The Labute approximate surface area is 98.7 Å². The van der Waals surface area contributed by atoms with E-state index in [1.165, 1.54) is 0 Å². The highest BCUT2D eigenvalue weighted by atomic mass is 35.5. The first kappa shape index (κ1) is 13.3. The number of aromatic nitrogens is 2. The first-order valence-corrected chi connectivity index (χ1v) is 6.46. The molecule has 1 heterocycles. The largest absolute Gasteiger partial charge is 0.395 e. The van der Waals surface area contributed by atoms with E-state index in [2.05, 4.69) is 14.7 Å². The summed E-state index contributed by atoms with van der Waals surface area (Å²) >= 11 is 5.44. The second-order valence-electron chi connectivity index (χ2n) is 3.10. The Balaban J connectivity index is 2.89. The van der Waals surface area contributed by atoms with Gasteiger partial charge in [0.2, 0.25) is 15.3 Å². The minimum atomic E-state index is -3.69. The summed E-state index contributed by atoms with van der Waals surface area (Å²) in [4.78, 5) is 7.07. The molecule has 0 spiro atoms. The molecule has 0 aliphatic rings. The van der Waals surface area contributed by atoms with Gasteiger partial charge in [0.1, 0.15) is 4.90 Å². The number of sulfonamides is 1. The lowest BCUT2D eigenvalue weighted by Crippen LogP contribution is -2.36. The summed E-state index contributed by atoms with van der Waals surface area (Å²) in [5, 5.41) is 8.88. The van der Waals surface area contributed by atoms with Crippen LogP contribution in [0.1, 0.15) is 13.3 Å².